The predicted molar refractivity (Wildman–Crippen MR) is 83.4 cm³/mol. The lowest BCUT2D eigenvalue weighted by atomic mass is 10.2. The number of ether oxygens (including phenoxy) is 2. The standard InChI is InChI=1S/C16H22N2O4/c1-11(19)18(9-8-16(20)17-12-4-5-12)13-6-7-14(21-2)15(10-13)22-3/h6-7,10,12H,4-5,8-9H2,1-3H3,(H,17,20). The van der Waals surface area contributed by atoms with Crippen LogP contribution in [-0.2, 0) is 9.59 Å². The van der Waals surface area contributed by atoms with E-state index in [2.05, 4.69) is 5.32 Å². The van der Waals surface area contributed by atoms with E-state index in [0.717, 1.165) is 12.8 Å². The highest BCUT2D eigenvalue weighted by Gasteiger charge is 2.23. The highest BCUT2D eigenvalue weighted by atomic mass is 16.5. The molecule has 1 aliphatic carbocycles. The fourth-order valence-corrected chi connectivity index (χ4v) is 2.20. The Hall–Kier alpha value is -2.24. The fourth-order valence-electron chi connectivity index (χ4n) is 2.20. The van der Waals surface area contributed by atoms with Gasteiger partial charge < -0.3 is 19.7 Å². The largest absolute Gasteiger partial charge is 0.493 e. The summed E-state index contributed by atoms with van der Waals surface area (Å²) in [7, 11) is 3.10. The minimum atomic E-state index is -0.119. The number of benzene rings is 1. The first-order valence-electron chi connectivity index (χ1n) is 7.34. The lowest BCUT2D eigenvalue weighted by Gasteiger charge is -2.22. The van der Waals surface area contributed by atoms with E-state index in [0.29, 0.717) is 29.8 Å². The first-order valence-corrected chi connectivity index (χ1v) is 7.34. The molecule has 2 rings (SSSR count). The molecular formula is C16H22N2O4. The molecule has 1 aromatic carbocycles. The number of methoxy groups -OCH3 is 2. The van der Waals surface area contributed by atoms with Crippen molar-refractivity contribution in [3.05, 3.63) is 18.2 Å². The molecule has 2 amide bonds. The molecule has 0 atom stereocenters. The number of carbonyl (C=O) groups excluding carboxylic acids is 2. The van der Waals surface area contributed by atoms with Gasteiger partial charge >= 0.3 is 0 Å². The van der Waals surface area contributed by atoms with E-state index in [1.54, 1.807) is 37.3 Å². The molecule has 0 radical (unpaired) electrons. The number of amides is 2. The van der Waals surface area contributed by atoms with Gasteiger partial charge in [-0.2, -0.15) is 0 Å². The number of nitrogens with zero attached hydrogens (tertiary/aromatic N) is 1. The topological polar surface area (TPSA) is 67.9 Å². The van der Waals surface area contributed by atoms with Crippen LogP contribution in [0.3, 0.4) is 0 Å². The zero-order valence-corrected chi connectivity index (χ0v) is 13.2. The summed E-state index contributed by atoms with van der Waals surface area (Å²) < 4.78 is 10.4. The monoisotopic (exact) mass is 306 g/mol. The Balaban J connectivity index is 2.06. The van der Waals surface area contributed by atoms with Gasteiger partial charge in [-0.05, 0) is 25.0 Å². The molecule has 0 aromatic heterocycles. The number of carbonyl (C=O) groups is 2. The van der Waals surface area contributed by atoms with Gasteiger partial charge in [0.15, 0.2) is 11.5 Å². The maximum Gasteiger partial charge on any atom is 0.223 e. The summed E-state index contributed by atoms with van der Waals surface area (Å²) >= 11 is 0. The minimum absolute atomic E-state index is 0.0192. The van der Waals surface area contributed by atoms with Crippen LogP contribution in [0.15, 0.2) is 18.2 Å². The molecular weight excluding hydrogens is 284 g/mol. The zero-order valence-electron chi connectivity index (χ0n) is 13.2. The zero-order chi connectivity index (χ0) is 16.1. The van der Waals surface area contributed by atoms with Gasteiger partial charge in [0, 0.05) is 37.7 Å². The van der Waals surface area contributed by atoms with Gasteiger partial charge in [0.1, 0.15) is 0 Å². The van der Waals surface area contributed by atoms with Crippen LogP contribution >= 0.6 is 0 Å². The smallest absolute Gasteiger partial charge is 0.223 e. The van der Waals surface area contributed by atoms with Gasteiger partial charge in [-0.3, -0.25) is 9.59 Å². The van der Waals surface area contributed by atoms with Crippen LogP contribution in [0.4, 0.5) is 5.69 Å². The average molecular weight is 306 g/mol. The SMILES string of the molecule is COc1ccc(N(CCC(=O)NC2CC2)C(C)=O)cc1OC. The molecule has 0 spiro atoms. The molecule has 0 aliphatic heterocycles. The van der Waals surface area contributed by atoms with E-state index in [9.17, 15) is 9.59 Å². The second-order valence-electron chi connectivity index (χ2n) is 5.30. The summed E-state index contributed by atoms with van der Waals surface area (Å²) in [5, 5.41) is 2.92. The summed E-state index contributed by atoms with van der Waals surface area (Å²) in [5.74, 6) is 1.01. The Morgan fingerprint density at radius 3 is 2.45 bits per heavy atom. The van der Waals surface area contributed by atoms with E-state index < -0.39 is 0 Å². The number of anilines is 1. The van der Waals surface area contributed by atoms with Crippen molar-refractivity contribution in [2.45, 2.75) is 32.2 Å². The molecule has 1 fully saturated rings. The van der Waals surface area contributed by atoms with Crippen LogP contribution in [0.5, 0.6) is 11.5 Å². The Morgan fingerprint density at radius 2 is 1.91 bits per heavy atom. The van der Waals surface area contributed by atoms with Crippen LogP contribution in [0.25, 0.3) is 0 Å². The van der Waals surface area contributed by atoms with Crippen LogP contribution in [0.1, 0.15) is 26.2 Å². The highest BCUT2D eigenvalue weighted by Crippen LogP contribution is 2.31. The van der Waals surface area contributed by atoms with Crippen molar-refractivity contribution in [3.63, 3.8) is 0 Å². The Bertz CT molecular complexity index is 555. The summed E-state index contributed by atoms with van der Waals surface area (Å²) in [6, 6.07) is 5.59. The molecule has 120 valence electrons. The molecule has 0 heterocycles. The van der Waals surface area contributed by atoms with Gasteiger partial charge in [0.2, 0.25) is 11.8 Å². The molecule has 6 nitrogen and oxygen atoms in total. The van der Waals surface area contributed by atoms with Gasteiger partial charge in [-0.1, -0.05) is 0 Å². The summed E-state index contributed by atoms with van der Waals surface area (Å²) in [5.41, 5.74) is 0.685. The predicted octanol–water partition coefficient (Wildman–Crippen LogP) is 1.73. The quantitative estimate of drug-likeness (QED) is 0.833. The lowest BCUT2D eigenvalue weighted by molar-refractivity contribution is -0.121. The molecule has 6 heteroatoms. The van der Waals surface area contributed by atoms with Crippen LogP contribution in [-0.4, -0.2) is 38.6 Å². The first-order chi connectivity index (χ1) is 10.5. The Morgan fingerprint density at radius 1 is 1.23 bits per heavy atom. The lowest BCUT2D eigenvalue weighted by Crippen LogP contribution is -2.34. The molecule has 1 aromatic rings. The molecule has 1 N–H and O–H groups in total. The normalized spacial score (nSPS) is 13.4. The third-order valence-electron chi connectivity index (χ3n) is 3.56. The van der Waals surface area contributed by atoms with Crippen molar-refractivity contribution >= 4 is 17.5 Å². The number of hydrogen-bond donors (Lipinski definition) is 1. The van der Waals surface area contributed by atoms with Crippen molar-refractivity contribution in [2.75, 3.05) is 25.7 Å². The maximum absolute atomic E-state index is 11.9. The van der Waals surface area contributed by atoms with E-state index >= 15 is 0 Å². The number of hydrogen-bond acceptors (Lipinski definition) is 4. The van der Waals surface area contributed by atoms with E-state index in [4.69, 9.17) is 9.47 Å². The molecule has 0 unspecified atom stereocenters. The van der Waals surface area contributed by atoms with E-state index in [-0.39, 0.29) is 18.2 Å². The fraction of sp³-hybridized carbons (Fsp3) is 0.500. The van der Waals surface area contributed by atoms with Crippen molar-refractivity contribution in [1.82, 2.24) is 5.32 Å². The molecule has 0 saturated heterocycles. The molecule has 1 aliphatic rings. The summed E-state index contributed by atoms with van der Waals surface area (Å²) in [4.78, 5) is 25.2. The average Bonchev–Trinajstić information content (AvgIpc) is 3.30. The summed E-state index contributed by atoms with van der Waals surface area (Å²) in [6.45, 7) is 1.82. The molecule has 22 heavy (non-hydrogen) atoms. The second kappa shape index (κ2) is 7.15. The van der Waals surface area contributed by atoms with Crippen molar-refractivity contribution < 1.29 is 19.1 Å². The van der Waals surface area contributed by atoms with Gasteiger partial charge in [0.05, 0.1) is 14.2 Å². The minimum Gasteiger partial charge on any atom is -0.493 e. The third-order valence-corrected chi connectivity index (χ3v) is 3.56. The van der Waals surface area contributed by atoms with Crippen molar-refractivity contribution in [2.24, 2.45) is 0 Å². The second-order valence-corrected chi connectivity index (χ2v) is 5.30. The third kappa shape index (κ3) is 4.13. The Kier molecular flexibility index (Phi) is 5.25. The Labute approximate surface area is 130 Å². The van der Waals surface area contributed by atoms with Gasteiger partial charge in [0.25, 0.3) is 0 Å². The van der Waals surface area contributed by atoms with Crippen LogP contribution in [0.2, 0.25) is 0 Å². The molecule has 1 saturated carbocycles. The summed E-state index contributed by atoms with van der Waals surface area (Å²) in [6.07, 6.45) is 2.39. The number of nitrogens with one attached hydrogen (secondary N) is 1. The highest BCUT2D eigenvalue weighted by molar-refractivity contribution is 5.92. The van der Waals surface area contributed by atoms with E-state index in [1.807, 2.05) is 0 Å². The molecule has 0 bridgehead atoms. The van der Waals surface area contributed by atoms with Crippen LogP contribution < -0.4 is 19.7 Å². The van der Waals surface area contributed by atoms with Crippen molar-refractivity contribution in [1.29, 1.82) is 0 Å². The van der Waals surface area contributed by atoms with E-state index in [1.165, 1.54) is 6.92 Å². The van der Waals surface area contributed by atoms with Gasteiger partial charge in [-0.25, -0.2) is 0 Å². The van der Waals surface area contributed by atoms with Gasteiger partial charge in [-0.15, -0.1) is 0 Å². The van der Waals surface area contributed by atoms with Crippen LogP contribution in [0, 0.1) is 0 Å². The first kappa shape index (κ1) is 16.1. The van der Waals surface area contributed by atoms with Crippen molar-refractivity contribution in [3.8, 4) is 11.5 Å². The number of rotatable bonds is 7. The maximum atomic E-state index is 11.9.